The third-order valence-electron chi connectivity index (χ3n) is 2.73. The fraction of sp³-hybridized carbons (Fsp3) is 0.267. The van der Waals surface area contributed by atoms with E-state index in [1.54, 1.807) is 10.9 Å². The zero-order valence-electron chi connectivity index (χ0n) is 10.8. The first-order valence-electron chi connectivity index (χ1n) is 6.00. The summed E-state index contributed by atoms with van der Waals surface area (Å²) in [5.41, 5.74) is 0.642. The third-order valence-corrected chi connectivity index (χ3v) is 2.73. The van der Waals surface area contributed by atoms with E-state index in [0.29, 0.717) is 11.5 Å². The number of nitrogens with zero attached hydrogens (tertiary/aromatic N) is 2. The van der Waals surface area contributed by atoms with Crippen LogP contribution in [0.1, 0.15) is 19.4 Å². The summed E-state index contributed by atoms with van der Waals surface area (Å²) in [5, 5.41) is 4.13. The summed E-state index contributed by atoms with van der Waals surface area (Å²) < 4.78 is 29.2. The van der Waals surface area contributed by atoms with Gasteiger partial charge in [-0.3, -0.25) is 4.68 Å². The second-order valence-electron chi connectivity index (χ2n) is 4.78. The van der Waals surface area contributed by atoms with Gasteiger partial charge in [0, 0.05) is 23.9 Å². The van der Waals surface area contributed by atoms with Crippen molar-refractivity contribution in [3.05, 3.63) is 41.7 Å². The molecule has 0 N–H and O–H groups in total. The zero-order valence-corrected chi connectivity index (χ0v) is 10.8. The molecule has 4 heteroatoms. The maximum Gasteiger partial charge on any atom is 0.175 e. The second kappa shape index (κ2) is 5.23. The lowest BCUT2D eigenvalue weighted by Crippen LogP contribution is -2.04. The number of rotatable bonds is 3. The van der Waals surface area contributed by atoms with Crippen LogP contribution >= 0.6 is 0 Å². The summed E-state index contributed by atoms with van der Waals surface area (Å²) in [7, 11) is 0. The van der Waals surface area contributed by atoms with Gasteiger partial charge in [-0.15, -0.1) is 6.42 Å². The van der Waals surface area contributed by atoms with Crippen LogP contribution in [-0.2, 0) is 6.54 Å². The summed E-state index contributed by atoms with van der Waals surface area (Å²) in [6.07, 6.45) is 8.32. The molecule has 0 bridgehead atoms. The second-order valence-corrected chi connectivity index (χ2v) is 4.78. The van der Waals surface area contributed by atoms with Crippen molar-refractivity contribution >= 4 is 0 Å². The number of benzene rings is 1. The minimum atomic E-state index is -0.989. The largest absolute Gasteiger partial charge is 0.272 e. The Morgan fingerprint density at radius 3 is 2.68 bits per heavy atom. The first-order valence-corrected chi connectivity index (χ1v) is 6.00. The highest BCUT2D eigenvalue weighted by Gasteiger charge is 2.15. The van der Waals surface area contributed by atoms with Crippen molar-refractivity contribution in [2.24, 2.45) is 5.92 Å². The Balaban J connectivity index is 2.40. The third kappa shape index (κ3) is 2.65. The van der Waals surface area contributed by atoms with Crippen molar-refractivity contribution < 1.29 is 8.78 Å². The van der Waals surface area contributed by atoms with Crippen LogP contribution in [0.4, 0.5) is 8.78 Å². The van der Waals surface area contributed by atoms with Gasteiger partial charge in [-0.05, 0) is 18.1 Å². The highest BCUT2D eigenvalue weighted by Crippen LogP contribution is 2.25. The van der Waals surface area contributed by atoms with Gasteiger partial charge in [0.05, 0.1) is 11.8 Å². The standard InChI is InChI=1S/C15H14F2N2/c1-4-11-5-6-13(15(17)14(11)16)12-7-18-19(9-12)8-10(2)3/h1,5-7,9-10H,8H2,2-3H3. The lowest BCUT2D eigenvalue weighted by molar-refractivity contribution is 0.483. The Kier molecular flexibility index (Phi) is 3.66. The van der Waals surface area contributed by atoms with Crippen LogP contribution < -0.4 is 0 Å². The van der Waals surface area contributed by atoms with Crippen LogP contribution in [0.15, 0.2) is 24.5 Å². The molecule has 1 aromatic heterocycles. The maximum atomic E-state index is 13.9. The van der Waals surface area contributed by atoms with Gasteiger partial charge in [0.15, 0.2) is 11.6 Å². The average Bonchev–Trinajstić information content (AvgIpc) is 2.80. The predicted molar refractivity (Wildman–Crippen MR) is 70.4 cm³/mol. The SMILES string of the molecule is C#Cc1ccc(-c2cnn(CC(C)C)c2)c(F)c1F. The first-order chi connectivity index (χ1) is 9.02. The normalized spacial score (nSPS) is 10.7. The van der Waals surface area contributed by atoms with Gasteiger partial charge in [0.2, 0.25) is 0 Å². The molecule has 0 aliphatic carbocycles. The molecule has 0 aliphatic rings. The fourth-order valence-corrected chi connectivity index (χ4v) is 1.86. The summed E-state index contributed by atoms with van der Waals surface area (Å²) in [6.45, 7) is 4.85. The molecule has 0 saturated carbocycles. The molecule has 0 aliphatic heterocycles. The summed E-state index contributed by atoms with van der Waals surface area (Å²) in [5.74, 6) is 0.619. The van der Waals surface area contributed by atoms with Gasteiger partial charge >= 0.3 is 0 Å². The highest BCUT2D eigenvalue weighted by molar-refractivity contribution is 5.64. The van der Waals surface area contributed by atoms with Crippen LogP contribution in [0.3, 0.4) is 0 Å². The van der Waals surface area contributed by atoms with Crippen molar-refractivity contribution in [3.8, 4) is 23.5 Å². The molecule has 98 valence electrons. The van der Waals surface area contributed by atoms with E-state index in [1.165, 1.54) is 18.3 Å². The van der Waals surface area contributed by atoms with Crippen LogP contribution in [0.2, 0.25) is 0 Å². The lowest BCUT2D eigenvalue weighted by Gasteiger charge is -2.04. The Morgan fingerprint density at radius 1 is 1.32 bits per heavy atom. The van der Waals surface area contributed by atoms with Gasteiger partial charge in [0.1, 0.15) is 0 Å². The van der Waals surface area contributed by atoms with E-state index in [1.807, 2.05) is 0 Å². The Bertz CT molecular complexity index is 636. The van der Waals surface area contributed by atoms with Gasteiger partial charge in [-0.1, -0.05) is 19.8 Å². The molecule has 0 atom stereocenters. The molecule has 0 unspecified atom stereocenters. The lowest BCUT2D eigenvalue weighted by atomic mass is 10.1. The molecule has 0 saturated heterocycles. The molecule has 0 fully saturated rings. The summed E-state index contributed by atoms with van der Waals surface area (Å²) in [6, 6.07) is 2.87. The smallest absolute Gasteiger partial charge is 0.175 e. The van der Waals surface area contributed by atoms with Crippen LogP contribution in [0.5, 0.6) is 0 Å². The van der Waals surface area contributed by atoms with E-state index >= 15 is 0 Å². The Hall–Kier alpha value is -2.15. The first kappa shape index (κ1) is 13.3. The van der Waals surface area contributed by atoms with E-state index in [4.69, 9.17) is 6.42 Å². The molecule has 1 heterocycles. The maximum absolute atomic E-state index is 13.9. The van der Waals surface area contributed by atoms with Gasteiger partial charge in [0.25, 0.3) is 0 Å². The van der Waals surface area contributed by atoms with Crippen molar-refractivity contribution in [2.45, 2.75) is 20.4 Å². The number of terminal acetylenes is 1. The summed E-state index contributed by atoms with van der Waals surface area (Å²) >= 11 is 0. The van der Waals surface area contributed by atoms with Crippen molar-refractivity contribution in [3.63, 3.8) is 0 Å². The molecule has 0 radical (unpaired) electrons. The average molecular weight is 260 g/mol. The van der Waals surface area contributed by atoms with Crippen LogP contribution in [0.25, 0.3) is 11.1 Å². The van der Waals surface area contributed by atoms with Crippen molar-refractivity contribution in [1.29, 1.82) is 0 Å². The quantitative estimate of drug-likeness (QED) is 0.773. The van der Waals surface area contributed by atoms with Gasteiger partial charge in [-0.25, -0.2) is 8.78 Å². The number of aromatic nitrogens is 2. The highest BCUT2D eigenvalue weighted by atomic mass is 19.2. The molecule has 0 spiro atoms. The van der Waals surface area contributed by atoms with E-state index in [2.05, 4.69) is 24.9 Å². The van der Waals surface area contributed by atoms with E-state index in [0.717, 1.165) is 6.54 Å². The fourth-order valence-electron chi connectivity index (χ4n) is 1.86. The number of hydrogen-bond acceptors (Lipinski definition) is 1. The van der Waals surface area contributed by atoms with Crippen LogP contribution in [0, 0.1) is 29.9 Å². The van der Waals surface area contributed by atoms with Crippen molar-refractivity contribution in [2.75, 3.05) is 0 Å². The number of halogens is 2. The molecular weight excluding hydrogens is 246 g/mol. The topological polar surface area (TPSA) is 17.8 Å². The molecule has 2 nitrogen and oxygen atoms in total. The van der Waals surface area contributed by atoms with E-state index in [-0.39, 0.29) is 11.1 Å². The Morgan fingerprint density at radius 2 is 2.05 bits per heavy atom. The van der Waals surface area contributed by atoms with Gasteiger partial charge < -0.3 is 0 Å². The van der Waals surface area contributed by atoms with Crippen molar-refractivity contribution in [1.82, 2.24) is 9.78 Å². The molecule has 2 rings (SSSR count). The van der Waals surface area contributed by atoms with Gasteiger partial charge in [-0.2, -0.15) is 5.10 Å². The van der Waals surface area contributed by atoms with Crippen LogP contribution in [-0.4, -0.2) is 9.78 Å². The zero-order chi connectivity index (χ0) is 14.0. The Labute approximate surface area is 111 Å². The molecule has 0 amide bonds. The monoisotopic (exact) mass is 260 g/mol. The van der Waals surface area contributed by atoms with E-state index < -0.39 is 11.6 Å². The van der Waals surface area contributed by atoms with E-state index in [9.17, 15) is 8.78 Å². The number of hydrogen-bond donors (Lipinski definition) is 0. The molecule has 1 aromatic carbocycles. The molecular formula is C15H14F2N2. The predicted octanol–water partition coefficient (Wildman–Crippen LogP) is 3.47. The molecule has 2 aromatic rings. The molecule has 19 heavy (non-hydrogen) atoms. The summed E-state index contributed by atoms with van der Waals surface area (Å²) in [4.78, 5) is 0. The minimum absolute atomic E-state index is 0.0733. The minimum Gasteiger partial charge on any atom is -0.272 e.